The van der Waals surface area contributed by atoms with Crippen molar-refractivity contribution in [1.29, 1.82) is 0 Å². The highest BCUT2D eigenvalue weighted by Crippen LogP contribution is 2.27. The Labute approximate surface area is 182 Å². The molecule has 0 aliphatic rings. The van der Waals surface area contributed by atoms with E-state index >= 15 is 0 Å². The molecular weight excluding hydrogens is 390 g/mol. The summed E-state index contributed by atoms with van der Waals surface area (Å²) in [7, 11) is 1.54. The van der Waals surface area contributed by atoms with Crippen molar-refractivity contribution in [2.24, 2.45) is 0 Å². The number of carbonyl (C=O) groups is 2. The predicted molar refractivity (Wildman–Crippen MR) is 122 cm³/mol. The summed E-state index contributed by atoms with van der Waals surface area (Å²) in [5.74, 6) is 0.187. The average molecular weight is 419 g/mol. The quantitative estimate of drug-likeness (QED) is 0.525. The average Bonchev–Trinajstić information content (AvgIpc) is 2.75. The molecule has 0 saturated heterocycles. The van der Waals surface area contributed by atoms with Crippen LogP contribution in [0.5, 0.6) is 5.75 Å². The summed E-state index contributed by atoms with van der Waals surface area (Å²) in [5, 5.41) is 7.62. The largest absolute Gasteiger partial charge is 0.495 e. The number of ether oxygens (including phenoxy) is 1. The predicted octanol–water partition coefficient (Wildman–Crippen LogP) is 3.25. The Hall–Kier alpha value is -3.64. The molecule has 0 aliphatic carbocycles. The highest BCUT2D eigenvalue weighted by Gasteiger charge is 2.19. The van der Waals surface area contributed by atoms with Crippen LogP contribution in [0, 0.1) is 6.92 Å². The van der Waals surface area contributed by atoms with Gasteiger partial charge in [0.05, 0.1) is 12.8 Å². The van der Waals surface area contributed by atoms with Crippen LogP contribution in [0.25, 0.3) is 0 Å². The van der Waals surface area contributed by atoms with Crippen molar-refractivity contribution in [2.45, 2.75) is 19.9 Å². The first-order valence-corrected chi connectivity index (χ1v) is 10.2. The second-order valence-corrected chi connectivity index (χ2v) is 7.38. The van der Waals surface area contributed by atoms with E-state index in [2.05, 4.69) is 54.0 Å². The maximum Gasteiger partial charge on any atom is 0.279 e. The van der Waals surface area contributed by atoms with Crippen LogP contribution in [0.4, 0.5) is 11.4 Å². The number of benzene rings is 3. The third kappa shape index (κ3) is 6.17. The lowest BCUT2D eigenvalue weighted by Crippen LogP contribution is -2.87. The molecule has 0 unspecified atom stereocenters. The Morgan fingerprint density at radius 3 is 2.26 bits per heavy atom. The van der Waals surface area contributed by atoms with Crippen LogP contribution in [-0.2, 0) is 9.59 Å². The summed E-state index contributed by atoms with van der Waals surface area (Å²) >= 11 is 0. The van der Waals surface area contributed by atoms with E-state index < -0.39 is 0 Å². The number of rotatable bonds is 8. The van der Waals surface area contributed by atoms with E-state index in [4.69, 9.17) is 4.74 Å². The number of carbonyl (C=O) groups excluding carboxylic acids is 2. The molecular formula is C25H28N3O3+. The minimum Gasteiger partial charge on any atom is -0.495 e. The molecule has 0 radical (unpaired) electrons. The Kier molecular flexibility index (Phi) is 7.40. The summed E-state index contributed by atoms with van der Waals surface area (Å²) in [6.45, 7) is 3.72. The van der Waals surface area contributed by atoms with Gasteiger partial charge in [-0.15, -0.1) is 0 Å². The zero-order valence-electron chi connectivity index (χ0n) is 18.0. The summed E-state index contributed by atoms with van der Waals surface area (Å²) < 4.78 is 5.34. The molecule has 3 aromatic rings. The molecule has 160 valence electrons. The molecule has 3 rings (SSSR count). The topological polar surface area (TPSA) is 84.0 Å². The fourth-order valence-corrected chi connectivity index (χ4v) is 3.41. The minimum absolute atomic E-state index is 0.000148. The number of hydrogen-bond acceptors (Lipinski definition) is 3. The molecule has 3 aromatic carbocycles. The monoisotopic (exact) mass is 418 g/mol. The molecule has 6 heteroatoms. The van der Waals surface area contributed by atoms with E-state index in [1.165, 1.54) is 19.6 Å². The number of amides is 2. The molecule has 0 fully saturated rings. The van der Waals surface area contributed by atoms with Crippen molar-refractivity contribution in [3.8, 4) is 5.75 Å². The van der Waals surface area contributed by atoms with Gasteiger partial charge in [0.2, 0.25) is 5.91 Å². The smallest absolute Gasteiger partial charge is 0.279 e. The van der Waals surface area contributed by atoms with Crippen molar-refractivity contribution >= 4 is 23.2 Å². The van der Waals surface area contributed by atoms with Gasteiger partial charge in [-0.25, -0.2) is 0 Å². The maximum absolute atomic E-state index is 12.8. The molecule has 0 spiro atoms. The van der Waals surface area contributed by atoms with Gasteiger partial charge in [-0.2, -0.15) is 0 Å². The lowest BCUT2D eigenvalue weighted by molar-refractivity contribution is -0.676. The summed E-state index contributed by atoms with van der Waals surface area (Å²) in [6, 6.07) is 23.6. The Morgan fingerprint density at radius 2 is 1.61 bits per heavy atom. The van der Waals surface area contributed by atoms with Crippen molar-refractivity contribution in [3.63, 3.8) is 0 Å². The van der Waals surface area contributed by atoms with Crippen LogP contribution in [0.2, 0.25) is 0 Å². The molecule has 0 bridgehead atoms. The van der Waals surface area contributed by atoms with Gasteiger partial charge >= 0.3 is 0 Å². The minimum atomic E-state index is -0.181. The van der Waals surface area contributed by atoms with Crippen LogP contribution >= 0.6 is 0 Å². The van der Waals surface area contributed by atoms with E-state index in [0.717, 1.165) is 11.1 Å². The van der Waals surface area contributed by atoms with Crippen LogP contribution < -0.4 is 20.7 Å². The second kappa shape index (κ2) is 10.4. The lowest BCUT2D eigenvalue weighted by atomic mass is 9.98. The third-order valence-corrected chi connectivity index (χ3v) is 4.93. The van der Waals surface area contributed by atoms with Gasteiger partial charge in [0.15, 0.2) is 6.54 Å². The van der Waals surface area contributed by atoms with Crippen molar-refractivity contribution in [3.05, 3.63) is 89.5 Å². The fourth-order valence-electron chi connectivity index (χ4n) is 3.41. The number of nitrogens with one attached hydrogen (secondary N) is 2. The molecule has 6 nitrogen and oxygen atoms in total. The van der Waals surface area contributed by atoms with Crippen LogP contribution in [0.15, 0.2) is 72.8 Å². The Balaban J connectivity index is 1.74. The molecule has 1 atom stereocenters. The SMILES string of the molecule is COc1ccc(NC(C)=O)cc1NC(=O)C[NH2+][C@H](c1ccccc1)c1ccc(C)cc1. The normalized spacial score (nSPS) is 11.5. The maximum atomic E-state index is 12.8. The lowest BCUT2D eigenvalue weighted by Gasteiger charge is -2.17. The molecule has 4 N–H and O–H groups in total. The summed E-state index contributed by atoms with van der Waals surface area (Å²) in [4.78, 5) is 24.1. The van der Waals surface area contributed by atoms with E-state index in [-0.39, 0.29) is 24.4 Å². The first-order chi connectivity index (χ1) is 15.0. The number of methoxy groups -OCH3 is 1. The van der Waals surface area contributed by atoms with Crippen molar-refractivity contribution in [2.75, 3.05) is 24.3 Å². The van der Waals surface area contributed by atoms with E-state index in [1.807, 2.05) is 23.5 Å². The summed E-state index contributed by atoms with van der Waals surface area (Å²) in [6.07, 6.45) is 0. The van der Waals surface area contributed by atoms with Crippen LogP contribution in [0.1, 0.15) is 29.7 Å². The first kappa shape index (κ1) is 22.1. The van der Waals surface area contributed by atoms with Gasteiger partial charge in [0.25, 0.3) is 5.91 Å². The van der Waals surface area contributed by atoms with Gasteiger partial charge in [-0.3, -0.25) is 9.59 Å². The number of anilines is 2. The van der Waals surface area contributed by atoms with Gasteiger partial charge in [0, 0.05) is 23.7 Å². The standard InChI is InChI=1S/C25H27N3O3/c1-17-9-11-20(12-10-17)25(19-7-5-4-6-8-19)26-16-24(30)28-22-15-21(27-18(2)29)13-14-23(22)31-3/h4-15,25-26H,16H2,1-3H3,(H,27,29)(H,28,30)/p+1/t25-/m1/s1. The van der Waals surface area contributed by atoms with Crippen molar-refractivity contribution < 1.29 is 19.6 Å². The Morgan fingerprint density at radius 1 is 0.935 bits per heavy atom. The van der Waals surface area contributed by atoms with Crippen LogP contribution in [-0.4, -0.2) is 25.5 Å². The molecule has 0 heterocycles. The second-order valence-electron chi connectivity index (χ2n) is 7.38. The van der Waals surface area contributed by atoms with Gasteiger partial charge in [-0.1, -0.05) is 60.2 Å². The van der Waals surface area contributed by atoms with Gasteiger partial charge in [-0.05, 0) is 25.1 Å². The molecule has 2 amide bonds. The number of nitrogens with two attached hydrogens (primary N) is 1. The third-order valence-electron chi connectivity index (χ3n) is 4.93. The zero-order chi connectivity index (χ0) is 22.2. The van der Waals surface area contributed by atoms with Crippen LogP contribution in [0.3, 0.4) is 0 Å². The number of quaternary nitrogens is 1. The molecule has 0 aliphatic heterocycles. The van der Waals surface area contributed by atoms with Crippen molar-refractivity contribution in [1.82, 2.24) is 0 Å². The molecule has 0 saturated carbocycles. The first-order valence-electron chi connectivity index (χ1n) is 10.2. The Bertz CT molecular complexity index is 1030. The number of hydrogen-bond donors (Lipinski definition) is 3. The highest BCUT2D eigenvalue weighted by atomic mass is 16.5. The fraction of sp³-hybridized carbons (Fsp3) is 0.200. The highest BCUT2D eigenvalue weighted by molar-refractivity contribution is 5.95. The zero-order valence-corrected chi connectivity index (χ0v) is 18.0. The van der Waals surface area contributed by atoms with E-state index in [9.17, 15) is 9.59 Å². The van der Waals surface area contributed by atoms with E-state index in [1.54, 1.807) is 18.2 Å². The number of aryl methyl sites for hydroxylation is 1. The summed E-state index contributed by atoms with van der Waals surface area (Å²) in [5.41, 5.74) is 4.56. The molecule has 0 aromatic heterocycles. The van der Waals surface area contributed by atoms with E-state index in [0.29, 0.717) is 17.1 Å². The van der Waals surface area contributed by atoms with Gasteiger partial charge < -0.3 is 20.7 Å². The van der Waals surface area contributed by atoms with Gasteiger partial charge in [0.1, 0.15) is 11.8 Å². The molecule has 31 heavy (non-hydrogen) atoms.